The largest absolute Gasteiger partial charge is 0.411 e. The Kier molecular flexibility index (Phi) is 17.9. The SMILES string of the molecule is C=C(CO[Si](c1ccccc1)(c1ccccc1)C(C)(C)C)C[C@@H]1C[C@H](O[Si](C)(C)C(C)(C)C)[C@]2(C)O[C@@H]3C[C@]4(SCC)O[C@@H]5C[C@]6(C)O[C@]7(C)CC[C@@H]8O[C@@H]9C[C@]%10(C)O[C@@H]%11C(C)=CCO[C@H]%11C[C@H]%10O[C@H]9C[C@@H](C)[C@H]8O[C@H]7C[C@H]6O[C@@]5(C)C/C=C\[C@H]4O[C@H]3C[C@H]2O1. The molecular weight excluding hydrogens is 1190 g/mol. The molecule has 16 heteroatoms. The van der Waals surface area contributed by atoms with Crippen LogP contribution in [0.1, 0.15) is 174 Å². The summed E-state index contributed by atoms with van der Waals surface area (Å²) in [6.45, 7) is 42.6. The third kappa shape index (κ3) is 11.8. The minimum atomic E-state index is -2.80. The fraction of sp³-hybridized carbons (Fsp3) is 0.757. The van der Waals surface area contributed by atoms with Crippen molar-refractivity contribution >= 4 is 38.8 Å². The first kappa shape index (κ1) is 66.5. The van der Waals surface area contributed by atoms with Crippen molar-refractivity contribution < 1.29 is 61.0 Å². The summed E-state index contributed by atoms with van der Waals surface area (Å²) in [4.78, 5) is -0.763. The summed E-state index contributed by atoms with van der Waals surface area (Å²) in [5.74, 6) is 1.05. The van der Waals surface area contributed by atoms with Crippen LogP contribution < -0.4 is 10.4 Å². The van der Waals surface area contributed by atoms with Crippen LogP contribution >= 0.6 is 11.8 Å². The second-order valence-electron chi connectivity index (χ2n) is 33.0. The van der Waals surface area contributed by atoms with Crippen molar-refractivity contribution in [2.45, 2.75) is 328 Å². The first-order valence-corrected chi connectivity index (χ1v) is 40.6. The van der Waals surface area contributed by atoms with Gasteiger partial charge in [-0.15, -0.1) is 11.8 Å². The van der Waals surface area contributed by atoms with Crippen LogP contribution in [-0.4, -0.2) is 166 Å². The highest BCUT2D eigenvalue weighted by atomic mass is 32.2. The lowest BCUT2D eigenvalue weighted by molar-refractivity contribution is -0.359. The van der Waals surface area contributed by atoms with E-state index in [1.807, 2.05) is 11.8 Å². The van der Waals surface area contributed by atoms with Gasteiger partial charge < -0.3 is 61.0 Å². The first-order valence-electron chi connectivity index (χ1n) is 34.8. The van der Waals surface area contributed by atoms with Gasteiger partial charge in [-0.25, -0.2) is 0 Å². The molecule has 0 spiro atoms. The van der Waals surface area contributed by atoms with Crippen molar-refractivity contribution in [1.82, 2.24) is 0 Å². The lowest BCUT2D eigenvalue weighted by Gasteiger charge is -2.62. The molecule has 90 heavy (non-hydrogen) atoms. The molecule has 0 aromatic heterocycles. The number of rotatable bonds is 11. The van der Waals surface area contributed by atoms with Crippen LogP contribution in [0.15, 0.2) is 96.6 Å². The second kappa shape index (κ2) is 24.2. The van der Waals surface area contributed by atoms with E-state index in [-0.39, 0.29) is 114 Å². The van der Waals surface area contributed by atoms with Crippen molar-refractivity contribution in [2.24, 2.45) is 5.92 Å². The Morgan fingerprint density at radius 3 is 2.03 bits per heavy atom. The fourth-order valence-corrected chi connectivity index (χ4v) is 25.3. The maximum Gasteiger partial charge on any atom is 0.261 e. The van der Waals surface area contributed by atoms with Crippen LogP contribution in [0.4, 0.5) is 0 Å². The van der Waals surface area contributed by atoms with Crippen LogP contribution in [0, 0.1) is 5.92 Å². The lowest BCUT2D eigenvalue weighted by atomic mass is 9.72. The zero-order valence-corrected chi connectivity index (χ0v) is 60.2. The van der Waals surface area contributed by atoms with E-state index in [2.05, 4.69) is 189 Å². The number of fused-ring (bicyclic) bond motifs is 10. The van der Waals surface area contributed by atoms with E-state index in [0.29, 0.717) is 51.7 Å². The summed E-state index contributed by atoms with van der Waals surface area (Å²) < 4.78 is 95.7. The molecule has 0 bridgehead atoms. The standard InChI is InChI=1S/C74H110O13SSi2/c1-18-88-74-43-57-54(39-62-73(15,82-57)63(86-89(16,17)67(5,6)7)38-49(77-62)36-46(2)45-76-90(68(8,9)10,50-26-21-19-22-27-50)51-28-23-20-24-29-51)79-58(74)30-25-33-69(11)64(84-74)44-72(14)61(83-69)41-60-70(12,87-72)34-31-52-65(81-60)48(4)37-53-56(78-52)42-71(13)59(80-53)40-55-66(85-71)47(3)32-35-75-55/h19-30,32,48-49,52-66H,2,18,31,33-45H2,1,3-17H3/b30-25-/t48-,49-,52+,53+,54+,55+,56-,57-,58-,59-,60+,61-,62-,63+,64-,65-,66-,69+,70-,71+,72+,73-,74-/m1/s1. The van der Waals surface area contributed by atoms with Gasteiger partial charge in [0.1, 0.15) is 22.7 Å². The average Bonchev–Trinajstić information content (AvgIpc) is 0.920. The van der Waals surface area contributed by atoms with Gasteiger partial charge in [-0.05, 0) is 124 Å². The Hall–Kier alpha value is -2.08. The van der Waals surface area contributed by atoms with E-state index in [1.165, 1.54) is 15.9 Å². The van der Waals surface area contributed by atoms with Crippen molar-refractivity contribution in [3.05, 3.63) is 96.6 Å². The highest BCUT2D eigenvalue weighted by Crippen LogP contribution is 2.58. The number of ether oxygens (including phenoxy) is 11. The molecule has 2 aromatic rings. The van der Waals surface area contributed by atoms with Crippen molar-refractivity contribution in [3.63, 3.8) is 0 Å². The maximum atomic E-state index is 7.87. The second-order valence-corrected chi connectivity index (χ2v) is 43.6. The molecule has 9 saturated heterocycles. The van der Waals surface area contributed by atoms with Gasteiger partial charge in [0, 0.05) is 44.9 Å². The molecule has 13 nitrogen and oxygen atoms in total. The Labute approximate surface area is 546 Å². The molecule has 13 rings (SSSR count). The average molecular weight is 1300 g/mol. The number of hydrogen-bond acceptors (Lipinski definition) is 14. The molecule has 0 N–H and O–H groups in total. The number of hydrogen-bond donors (Lipinski definition) is 0. The van der Waals surface area contributed by atoms with Gasteiger partial charge in [0.2, 0.25) is 0 Å². The van der Waals surface area contributed by atoms with Crippen LogP contribution in [0.5, 0.6) is 0 Å². The smallest absolute Gasteiger partial charge is 0.261 e. The van der Waals surface area contributed by atoms with Crippen LogP contribution in [0.3, 0.4) is 0 Å². The third-order valence-corrected chi connectivity index (χ3v) is 35.0. The third-order valence-electron chi connectivity index (χ3n) is 24.3. The zero-order chi connectivity index (χ0) is 63.8. The summed E-state index contributed by atoms with van der Waals surface area (Å²) in [6, 6.07) is 21.7. The van der Waals surface area contributed by atoms with Gasteiger partial charge in [-0.2, -0.15) is 0 Å². The van der Waals surface area contributed by atoms with Crippen molar-refractivity contribution in [3.8, 4) is 0 Å². The number of thioether (sulfide) groups is 1. The van der Waals surface area contributed by atoms with Crippen LogP contribution in [-0.2, 0) is 61.0 Å². The minimum Gasteiger partial charge on any atom is -0.411 e. The van der Waals surface area contributed by atoms with Gasteiger partial charge in [-0.3, -0.25) is 0 Å². The molecule has 0 radical (unpaired) electrons. The van der Waals surface area contributed by atoms with E-state index in [0.717, 1.165) is 49.9 Å². The molecule has 498 valence electrons. The molecule has 9 fully saturated rings. The summed E-state index contributed by atoms with van der Waals surface area (Å²) >= 11 is 1.84. The van der Waals surface area contributed by atoms with Crippen molar-refractivity contribution in [2.75, 3.05) is 19.0 Å². The molecule has 11 aliphatic heterocycles. The minimum absolute atomic E-state index is 0.0196. The summed E-state index contributed by atoms with van der Waals surface area (Å²) in [5.41, 5.74) is -0.795. The summed E-state index contributed by atoms with van der Waals surface area (Å²) in [6.07, 6.45) is 13.0. The van der Waals surface area contributed by atoms with Gasteiger partial charge in [-0.1, -0.05) is 146 Å². The molecule has 0 amide bonds. The lowest BCUT2D eigenvalue weighted by Crippen LogP contribution is -2.72. The quantitative estimate of drug-likeness (QED) is 0.157. The zero-order valence-electron chi connectivity index (χ0n) is 57.3. The predicted molar refractivity (Wildman–Crippen MR) is 359 cm³/mol. The Bertz CT molecular complexity index is 2930. The highest BCUT2D eigenvalue weighted by molar-refractivity contribution is 8.00. The summed E-state index contributed by atoms with van der Waals surface area (Å²) in [5, 5.41) is 2.34. The van der Waals surface area contributed by atoms with Crippen LogP contribution in [0.25, 0.3) is 0 Å². The Morgan fingerprint density at radius 1 is 0.656 bits per heavy atom. The normalized spacial score (nSPS) is 45.6. The van der Waals surface area contributed by atoms with Gasteiger partial charge >= 0.3 is 0 Å². The molecular formula is C74H110O13SSi2. The summed E-state index contributed by atoms with van der Waals surface area (Å²) in [7, 11) is -5.14. The van der Waals surface area contributed by atoms with E-state index in [4.69, 9.17) is 67.5 Å². The van der Waals surface area contributed by atoms with E-state index < -0.39 is 49.6 Å². The van der Waals surface area contributed by atoms with Gasteiger partial charge in [0.25, 0.3) is 8.32 Å². The molecule has 0 saturated carbocycles. The number of benzene rings is 2. The van der Waals surface area contributed by atoms with Gasteiger partial charge in [0.15, 0.2) is 8.32 Å². The topological polar surface area (TPSA) is 120 Å². The van der Waals surface area contributed by atoms with E-state index >= 15 is 0 Å². The fourth-order valence-electron chi connectivity index (χ4n) is 18.1. The predicted octanol–water partition coefficient (Wildman–Crippen LogP) is 13.4. The maximum absolute atomic E-state index is 7.87. The molecule has 11 aliphatic rings. The van der Waals surface area contributed by atoms with E-state index in [9.17, 15) is 0 Å². The molecule has 0 unspecified atom stereocenters. The monoisotopic (exact) mass is 1290 g/mol. The Morgan fingerprint density at radius 2 is 1.34 bits per heavy atom. The van der Waals surface area contributed by atoms with Crippen LogP contribution in [0.2, 0.25) is 23.2 Å². The molecule has 0 aliphatic carbocycles. The molecule has 2 aromatic carbocycles. The highest BCUT2D eigenvalue weighted by Gasteiger charge is 2.67. The molecule has 23 atom stereocenters. The van der Waals surface area contributed by atoms with Crippen molar-refractivity contribution in [1.29, 1.82) is 0 Å². The Balaban J connectivity index is 0.718. The van der Waals surface area contributed by atoms with Gasteiger partial charge in [0.05, 0.1) is 121 Å². The first-order chi connectivity index (χ1) is 42.4. The van der Waals surface area contributed by atoms with E-state index in [1.54, 1.807) is 0 Å². The molecule has 11 heterocycles.